The zero-order chi connectivity index (χ0) is 26.6. The van der Waals surface area contributed by atoms with Crippen LogP contribution in [0.25, 0.3) is 28.7 Å². The van der Waals surface area contributed by atoms with E-state index in [1.54, 1.807) is 72.8 Å². The zero-order valence-corrected chi connectivity index (χ0v) is 21.8. The molecule has 0 atom stereocenters. The molecule has 0 radical (unpaired) electrons. The van der Waals surface area contributed by atoms with Gasteiger partial charge in [0.05, 0.1) is 38.6 Å². The Bertz CT molecular complexity index is 1830. The highest BCUT2D eigenvalue weighted by molar-refractivity contribution is 7.07. The second kappa shape index (κ2) is 11.0. The first-order valence-corrected chi connectivity index (χ1v) is 12.8. The number of nitrogens with one attached hydrogen (secondary N) is 1. The highest BCUT2D eigenvalue weighted by atomic mass is 35.5. The van der Waals surface area contributed by atoms with Crippen LogP contribution in [0.15, 0.2) is 92.7 Å². The standard InChI is InChI=1S/C28H17Cl2N3O4S/c29-21-9-4-10-22(30)25(21)23-12-11-18(37-23)14-24-27(35)33(17-6-2-1-3-7-17)28(38-24)20(15-31)26(34)32-16-19-8-5-13-36-19/h1-14H,16H2,(H,32,34)/b24-14-,28-20-. The molecule has 0 aliphatic carbocycles. The summed E-state index contributed by atoms with van der Waals surface area (Å²) in [6.45, 7) is 0.0940. The predicted molar refractivity (Wildman–Crippen MR) is 146 cm³/mol. The highest BCUT2D eigenvalue weighted by Gasteiger charge is 2.18. The second-order valence-electron chi connectivity index (χ2n) is 7.94. The Morgan fingerprint density at radius 2 is 1.79 bits per heavy atom. The van der Waals surface area contributed by atoms with E-state index in [4.69, 9.17) is 32.0 Å². The molecule has 5 aromatic rings. The normalized spacial score (nSPS) is 12.3. The van der Waals surface area contributed by atoms with Gasteiger partial charge in [0.25, 0.3) is 11.5 Å². The number of para-hydroxylation sites is 1. The van der Waals surface area contributed by atoms with E-state index in [1.807, 2.05) is 12.1 Å². The van der Waals surface area contributed by atoms with Crippen LogP contribution in [0.1, 0.15) is 11.5 Å². The Morgan fingerprint density at radius 1 is 1.03 bits per heavy atom. The summed E-state index contributed by atoms with van der Waals surface area (Å²) in [6, 6.07) is 22.7. The number of carbonyl (C=O) groups excluding carboxylic acids is 1. The van der Waals surface area contributed by atoms with Crippen LogP contribution in [-0.2, 0) is 11.3 Å². The maximum Gasteiger partial charge on any atom is 0.273 e. The summed E-state index contributed by atoms with van der Waals surface area (Å²) in [5.74, 6) is 0.717. The van der Waals surface area contributed by atoms with Crippen LogP contribution >= 0.6 is 34.5 Å². The van der Waals surface area contributed by atoms with Crippen molar-refractivity contribution in [2.45, 2.75) is 6.54 Å². The van der Waals surface area contributed by atoms with E-state index in [0.29, 0.717) is 38.6 Å². The van der Waals surface area contributed by atoms with Crippen molar-refractivity contribution in [3.63, 3.8) is 0 Å². The van der Waals surface area contributed by atoms with E-state index in [2.05, 4.69) is 5.32 Å². The molecule has 1 amide bonds. The first-order valence-electron chi connectivity index (χ1n) is 11.2. The Balaban J connectivity index is 1.64. The van der Waals surface area contributed by atoms with Crippen LogP contribution in [0.3, 0.4) is 0 Å². The fourth-order valence-corrected chi connectivity index (χ4v) is 5.42. The summed E-state index contributed by atoms with van der Waals surface area (Å²) < 4.78 is 13.0. The number of aromatic nitrogens is 1. The number of benzene rings is 2. The third kappa shape index (κ3) is 5.08. The minimum Gasteiger partial charge on any atom is -0.467 e. The molecule has 0 saturated heterocycles. The lowest BCUT2D eigenvalue weighted by Crippen LogP contribution is -2.33. The summed E-state index contributed by atoms with van der Waals surface area (Å²) in [5, 5.41) is 13.4. The minimum absolute atomic E-state index is 0.0940. The van der Waals surface area contributed by atoms with Crippen LogP contribution in [0.2, 0.25) is 10.0 Å². The third-order valence-electron chi connectivity index (χ3n) is 5.50. The fraction of sp³-hybridized carbons (Fsp3) is 0.0357. The van der Waals surface area contributed by atoms with Gasteiger partial charge >= 0.3 is 0 Å². The van der Waals surface area contributed by atoms with E-state index in [9.17, 15) is 14.9 Å². The van der Waals surface area contributed by atoms with Crippen LogP contribution < -0.4 is 20.1 Å². The molecule has 0 spiro atoms. The Morgan fingerprint density at radius 3 is 2.47 bits per heavy atom. The molecular formula is C28H17Cl2N3O4S. The molecule has 5 rings (SSSR count). The van der Waals surface area contributed by atoms with E-state index < -0.39 is 11.5 Å². The third-order valence-corrected chi connectivity index (χ3v) is 7.23. The highest BCUT2D eigenvalue weighted by Crippen LogP contribution is 2.35. The second-order valence-corrected chi connectivity index (χ2v) is 9.78. The van der Waals surface area contributed by atoms with E-state index in [-0.39, 0.29) is 21.3 Å². The van der Waals surface area contributed by atoms with Crippen molar-refractivity contribution >= 4 is 52.1 Å². The van der Waals surface area contributed by atoms with Gasteiger partial charge < -0.3 is 14.2 Å². The molecule has 3 heterocycles. The molecule has 188 valence electrons. The van der Waals surface area contributed by atoms with Crippen LogP contribution in [0.4, 0.5) is 0 Å². The number of nitriles is 1. The van der Waals surface area contributed by atoms with Gasteiger partial charge in [0.1, 0.15) is 28.0 Å². The average Bonchev–Trinajstić information content (AvgIpc) is 3.66. The molecule has 0 bridgehead atoms. The van der Waals surface area contributed by atoms with Crippen molar-refractivity contribution in [1.29, 1.82) is 5.26 Å². The maximum absolute atomic E-state index is 13.6. The molecule has 2 aromatic carbocycles. The van der Waals surface area contributed by atoms with Gasteiger partial charge in [-0.05, 0) is 48.5 Å². The molecule has 7 nitrogen and oxygen atoms in total. The van der Waals surface area contributed by atoms with Crippen LogP contribution in [0.5, 0.6) is 0 Å². The van der Waals surface area contributed by atoms with E-state index in [0.717, 1.165) is 11.3 Å². The smallest absolute Gasteiger partial charge is 0.273 e. The Hall–Kier alpha value is -4.29. The first kappa shape index (κ1) is 25.4. The Labute approximate surface area is 230 Å². The van der Waals surface area contributed by atoms with Gasteiger partial charge in [0.15, 0.2) is 5.57 Å². The maximum atomic E-state index is 13.6. The van der Waals surface area contributed by atoms with Crippen molar-refractivity contribution in [2.75, 3.05) is 0 Å². The number of amides is 1. The summed E-state index contributed by atoms with van der Waals surface area (Å²) in [6.07, 6.45) is 3.05. The van der Waals surface area contributed by atoms with Gasteiger partial charge in [-0.1, -0.05) is 47.5 Å². The molecule has 0 unspecified atom stereocenters. The van der Waals surface area contributed by atoms with Crippen molar-refractivity contribution in [2.24, 2.45) is 0 Å². The topological polar surface area (TPSA) is 101 Å². The summed E-state index contributed by atoms with van der Waals surface area (Å²) in [5.41, 5.74) is 0.442. The SMILES string of the molecule is N#C/C(C(=O)NCc1ccco1)=c1/s/c(=C\c2ccc(-c3c(Cl)cccc3Cl)o2)c(=O)n1-c1ccccc1. The Kier molecular flexibility index (Phi) is 7.33. The molecule has 0 aliphatic rings. The number of nitrogens with zero attached hydrogens (tertiary/aromatic N) is 2. The lowest BCUT2D eigenvalue weighted by atomic mass is 10.2. The van der Waals surface area contributed by atoms with E-state index >= 15 is 0 Å². The lowest BCUT2D eigenvalue weighted by molar-refractivity contribution is -0.115. The van der Waals surface area contributed by atoms with Gasteiger partial charge in [-0.3, -0.25) is 14.2 Å². The average molecular weight is 562 g/mol. The molecule has 0 saturated carbocycles. The number of carbonyl (C=O) groups is 1. The van der Waals surface area contributed by atoms with Crippen molar-refractivity contribution in [3.05, 3.63) is 120 Å². The number of hydrogen-bond donors (Lipinski definition) is 1. The number of thiazole rings is 1. The van der Waals surface area contributed by atoms with Gasteiger partial charge in [-0.15, -0.1) is 11.3 Å². The molecule has 38 heavy (non-hydrogen) atoms. The molecular weight excluding hydrogens is 545 g/mol. The quantitative estimate of drug-likeness (QED) is 0.318. The molecule has 3 aromatic heterocycles. The summed E-state index contributed by atoms with van der Waals surface area (Å²) in [4.78, 5) is 26.5. The molecule has 0 aliphatic heterocycles. The van der Waals surface area contributed by atoms with Crippen LogP contribution in [-0.4, -0.2) is 10.5 Å². The largest absolute Gasteiger partial charge is 0.467 e. The zero-order valence-electron chi connectivity index (χ0n) is 19.5. The minimum atomic E-state index is -0.630. The number of rotatable bonds is 6. The van der Waals surface area contributed by atoms with Gasteiger partial charge in [0.2, 0.25) is 0 Å². The predicted octanol–water partition coefficient (Wildman–Crippen LogP) is 4.88. The number of hydrogen-bond acceptors (Lipinski definition) is 6. The van der Waals surface area contributed by atoms with Gasteiger partial charge in [-0.2, -0.15) is 5.26 Å². The molecule has 10 heteroatoms. The van der Waals surface area contributed by atoms with Crippen molar-refractivity contribution < 1.29 is 13.6 Å². The van der Waals surface area contributed by atoms with Crippen LogP contribution in [0, 0.1) is 11.3 Å². The van der Waals surface area contributed by atoms with Gasteiger partial charge in [0, 0.05) is 6.08 Å². The lowest BCUT2D eigenvalue weighted by Gasteiger charge is -2.04. The summed E-state index contributed by atoms with van der Waals surface area (Å²) in [7, 11) is 0. The molecule has 1 N–H and O–H groups in total. The van der Waals surface area contributed by atoms with Crippen molar-refractivity contribution in [3.8, 4) is 23.1 Å². The number of furan rings is 2. The fourth-order valence-electron chi connectivity index (χ4n) is 3.75. The monoisotopic (exact) mass is 561 g/mol. The molecule has 0 fully saturated rings. The van der Waals surface area contributed by atoms with E-state index in [1.165, 1.54) is 10.8 Å². The number of halogens is 2. The van der Waals surface area contributed by atoms with Crippen molar-refractivity contribution in [1.82, 2.24) is 9.88 Å². The first-order chi connectivity index (χ1) is 18.5. The van der Waals surface area contributed by atoms with Gasteiger partial charge in [-0.25, -0.2) is 0 Å². The summed E-state index contributed by atoms with van der Waals surface area (Å²) >= 11 is 13.6.